The number of fused-ring (bicyclic) bond motifs is 2. The van der Waals surface area contributed by atoms with Gasteiger partial charge in [0, 0.05) is 23.3 Å². The molecule has 2 aliphatic heterocycles. The Bertz CT molecular complexity index is 2210. The fraction of sp³-hybridized carbons (Fsp3) is 0.583. The van der Waals surface area contributed by atoms with E-state index in [-0.39, 0.29) is 65.0 Å². The third-order valence-corrected chi connectivity index (χ3v) is 12.9. The van der Waals surface area contributed by atoms with Gasteiger partial charge in [0.05, 0.1) is 30.5 Å². The molecule has 0 radical (unpaired) electrons. The largest absolute Gasteiger partial charge is 0.495 e. The Labute approximate surface area is 361 Å². The van der Waals surface area contributed by atoms with Gasteiger partial charge in [-0.2, -0.15) is 9.94 Å². The highest BCUT2D eigenvalue weighted by Gasteiger charge is 2.42. The van der Waals surface area contributed by atoms with E-state index in [9.17, 15) is 20.0 Å². The first-order chi connectivity index (χ1) is 29.0. The lowest BCUT2D eigenvalue weighted by Crippen LogP contribution is -2.48. The average molecular weight is 836 g/mol. The second-order valence-electron chi connectivity index (χ2n) is 18.5. The van der Waals surface area contributed by atoms with Crippen molar-refractivity contribution in [1.29, 1.82) is 5.26 Å². The van der Waals surface area contributed by atoms with E-state index < -0.39 is 17.9 Å². The van der Waals surface area contributed by atoms with Crippen molar-refractivity contribution in [2.45, 2.75) is 138 Å². The number of esters is 1. The van der Waals surface area contributed by atoms with Gasteiger partial charge in [0.2, 0.25) is 0 Å². The van der Waals surface area contributed by atoms with Gasteiger partial charge in [0.15, 0.2) is 17.5 Å². The van der Waals surface area contributed by atoms with E-state index in [0.717, 1.165) is 44.2 Å². The van der Waals surface area contributed by atoms with Gasteiger partial charge in [-0.1, -0.05) is 48.0 Å². The lowest BCUT2D eigenvalue weighted by atomic mass is 9.75. The maximum Gasteiger partial charge on any atom is 0.343 e. The van der Waals surface area contributed by atoms with Crippen LogP contribution >= 0.6 is 0 Å². The maximum absolute atomic E-state index is 14.4. The van der Waals surface area contributed by atoms with Gasteiger partial charge in [0.1, 0.15) is 35.8 Å². The highest BCUT2D eigenvalue weighted by molar-refractivity contribution is 6.30. The van der Waals surface area contributed by atoms with E-state index in [1.54, 1.807) is 20.1 Å². The van der Waals surface area contributed by atoms with Gasteiger partial charge in [-0.25, -0.2) is 14.8 Å². The summed E-state index contributed by atoms with van der Waals surface area (Å²) in [5.41, 5.74) is 5.48. The maximum atomic E-state index is 14.4. The number of aromatic nitrogens is 3. The number of rotatable bonds is 16. The minimum absolute atomic E-state index is 0.000691. The molecule has 3 aromatic rings. The third-order valence-electron chi connectivity index (χ3n) is 12.9. The van der Waals surface area contributed by atoms with Gasteiger partial charge >= 0.3 is 11.9 Å². The molecule has 3 heterocycles. The van der Waals surface area contributed by atoms with E-state index in [0.29, 0.717) is 47.3 Å². The molecule has 5 unspecified atom stereocenters. The molecule has 13 nitrogen and oxygen atoms in total. The van der Waals surface area contributed by atoms with Crippen LogP contribution in [0.1, 0.15) is 130 Å². The summed E-state index contributed by atoms with van der Waals surface area (Å²) in [6.07, 6.45) is 5.72. The van der Waals surface area contributed by atoms with Crippen molar-refractivity contribution in [3.8, 4) is 23.2 Å². The van der Waals surface area contributed by atoms with E-state index in [1.165, 1.54) is 15.9 Å². The smallest absolute Gasteiger partial charge is 0.343 e. The van der Waals surface area contributed by atoms with Gasteiger partial charge < -0.3 is 29.5 Å². The molecule has 0 saturated heterocycles. The summed E-state index contributed by atoms with van der Waals surface area (Å²) in [5, 5.41) is 28.3. The number of benzene rings is 2. The van der Waals surface area contributed by atoms with Crippen LogP contribution in [0.5, 0.6) is 5.75 Å². The van der Waals surface area contributed by atoms with E-state index >= 15 is 0 Å². The first-order valence-corrected chi connectivity index (χ1v) is 22.1. The number of carboxylic acid groups (broad SMARTS) is 1. The number of ether oxygens (including phenoxy) is 3. The molecule has 1 aliphatic carbocycles. The van der Waals surface area contributed by atoms with Crippen LogP contribution in [0.15, 0.2) is 40.9 Å². The molecule has 0 spiro atoms. The number of hydrogen-bond acceptors (Lipinski definition) is 11. The molecular formula is C48H65N7O6. The topological polar surface area (TPSA) is 164 Å². The van der Waals surface area contributed by atoms with Crippen molar-refractivity contribution in [1.82, 2.24) is 14.8 Å². The molecule has 0 bridgehead atoms. The number of hydrogen-bond donors (Lipinski definition) is 2. The number of carboxylic acids is 1. The van der Waals surface area contributed by atoms with Crippen molar-refractivity contribution in [2.24, 2.45) is 28.7 Å². The van der Waals surface area contributed by atoms with Gasteiger partial charge in [-0.15, -0.1) is 5.10 Å². The molecule has 2 N–H and O–H groups in total. The molecule has 1 saturated carbocycles. The highest BCUT2D eigenvalue weighted by Crippen LogP contribution is 2.46. The Morgan fingerprint density at radius 3 is 2.48 bits per heavy atom. The van der Waals surface area contributed by atoms with Crippen molar-refractivity contribution >= 4 is 40.4 Å². The number of aliphatic imine (C=N–C) groups is 1. The monoisotopic (exact) mass is 835 g/mol. The number of methoxy groups -OCH3 is 1. The zero-order valence-electron chi connectivity index (χ0n) is 38.0. The molecule has 3 aliphatic rings. The number of aliphatic carboxylic acids is 1. The zero-order valence-corrected chi connectivity index (χ0v) is 38.0. The molecule has 61 heavy (non-hydrogen) atoms. The minimum Gasteiger partial charge on any atom is -0.495 e. The van der Waals surface area contributed by atoms with Crippen LogP contribution in [0.25, 0.3) is 17.0 Å². The summed E-state index contributed by atoms with van der Waals surface area (Å²) < 4.78 is 19.5. The van der Waals surface area contributed by atoms with Crippen LogP contribution in [-0.2, 0) is 19.1 Å². The van der Waals surface area contributed by atoms with Crippen LogP contribution in [0.4, 0.5) is 17.1 Å². The molecular weight excluding hydrogens is 771 g/mol. The number of carbonyl (C=O) groups excluding carboxylic acids is 1. The van der Waals surface area contributed by atoms with Crippen molar-refractivity contribution in [3.05, 3.63) is 52.9 Å². The van der Waals surface area contributed by atoms with Crippen molar-refractivity contribution in [3.63, 3.8) is 0 Å². The summed E-state index contributed by atoms with van der Waals surface area (Å²) in [7, 11) is 1.58. The summed E-state index contributed by atoms with van der Waals surface area (Å²) in [6, 6.07) is 12.2. The quantitative estimate of drug-likeness (QED) is 0.104. The SMILES string of the molecule is CCCCN1c2cc(C)c(/N=C3\C(C#N)=C(C(=O)OC4C(C)CC(C)CC4C)c4nc(-c5ccc(OC)c(NCOC(C)CCC(C)C(=O)O)c5)nn43)cc2C(C)CC1(C)C. The Hall–Kier alpha value is -5.22. The summed E-state index contributed by atoms with van der Waals surface area (Å²) in [6.45, 7) is 22.4. The zero-order chi connectivity index (χ0) is 44.3. The first-order valence-electron chi connectivity index (χ1n) is 22.1. The number of carbonyl (C=O) groups is 2. The first kappa shape index (κ1) is 45.3. The Morgan fingerprint density at radius 1 is 1.10 bits per heavy atom. The minimum atomic E-state index is -0.822. The summed E-state index contributed by atoms with van der Waals surface area (Å²) >= 11 is 0. The predicted octanol–water partition coefficient (Wildman–Crippen LogP) is 9.91. The van der Waals surface area contributed by atoms with E-state index in [2.05, 4.69) is 76.9 Å². The summed E-state index contributed by atoms with van der Waals surface area (Å²) in [4.78, 5) is 38.3. The fourth-order valence-corrected chi connectivity index (χ4v) is 9.62. The number of aryl methyl sites for hydroxylation is 1. The van der Waals surface area contributed by atoms with Crippen LogP contribution < -0.4 is 15.0 Å². The molecule has 1 fully saturated rings. The Kier molecular flexibility index (Phi) is 14.0. The lowest BCUT2D eigenvalue weighted by Gasteiger charge is -2.48. The second-order valence-corrected chi connectivity index (χ2v) is 18.5. The van der Waals surface area contributed by atoms with Crippen LogP contribution in [0.2, 0.25) is 0 Å². The standard InChI is InChI=1S/C48H65N7O6/c1-12-13-18-54-39-21-29(4)37(23-35(39)32(7)24-48(54,9)10)51-44-36(25-49)41(47(58)61-42-30(5)19-27(2)20-31(42)6)45-52-43(53-55(44)45)34-16-17-40(59-11)38(22-34)50-26-60-33(8)15-14-28(3)46(56)57/h16-17,21-23,27-28,30-33,42,50H,12-15,18-20,24,26H2,1-11H3,(H,56,57)/b51-44+. The van der Waals surface area contributed by atoms with Crippen LogP contribution in [0, 0.1) is 41.9 Å². The number of anilines is 2. The molecule has 0 amide bonds. The van der Waals surface area contributed by atoms with Gasteiger partial charge in [-0.05, 0) is 131 Å². The number of nitrogens with zero attached hydrogens (tertiary/aromatic N) is 6. The normalized spacial score (nSPS) is 23.5. The summed E-state index contributed by atoms with van der Waals surface area (Å²) in [5.74, 6) is 0.575. The Balaban J connectivity index is 1.39. The van der Waals surface area contributed by atoms with Gasteiger partial charge in [0.25, 0.3) is 0 Å². The predicted molar refractivity (Wildman–Crippen MR) is 239 cm³/mol. The number of allylic oxidation sites excluding steroid dienone is 1. The number of nitrogens with one attached hydrogen (secondary N) is 1. The lowest BCUT2D eigenvalue weighted by molar-refractivity contribution is -0.150. The van der Waals surface area contributed by atoms with Crippen LogP contribution in [0.3, 0.4) is 0 Å². The number of nitriles is 1. The van der Waals surface area contributed by atoms with Crippen molar-refractivity contribution in [2.75, 3.05) is 30.6 Å². The average Bonchev–Trinajstić information content (AvgIpc) is 3.75. The molecule has 328 valence electrons. The van der Waals surface area contributed by atoms with E-state index in [4.69, 9.17) is 29.3 Å². The third kappa shape index (κ3) is 9.65. The Morgan fingerprint density at radius 2 is 1.82 bits per heavy atom. The van der Waals surface area contributed by atoms with Gasteiger partial charge in [-0.3, -0.25) is 4.79 Å². The second kappa shape index (κ2) is 18.8. The number of unbranched alkanes of at least 4 members (excludes halogenated alkanes) is 1. The fourth-order valence-electron chi connectivity index (χ4n) is 9.62. The van der Waals surface area contributed by atoms with E-state index in [1.807, 2.05) is 26.0 Å². The molecule has 5 atom stereocenters. The molecule has 1 aromatic heterocycles. The van der Waals surface area contributed by atoms with Crippen LogP contribution in [-0.4, -0.2) is 75.8 Å². The molecule has 2 aromatic carbocycles. The molecule has 13 heteroatoms. The van der Waals surface area contributed by atoms with Crippen molar-refractivity contribution < 1.29 is 28.9 Å². The highest BCUT2D eigenvalue weighted by atomic mass is 16.5. The molecule has 6 rings (SSSR count).